The van der Waals surface area contributed by atoms with Gasteiger partial charge in [0.05, 0.1) is 12.6 Å². The van der Waals surface area contributed by atoms with E-state index in [0.717, 1.165) is 31.9 Å². The van der Waals surface area contributed by atoms with E-state index in [1.54, 1.807) is 6.33 Å². The first-order chi connectivity index (χ1) is 10.2. The molecule has 1 aliphatic heterocycles. The quantitative estimate of drug-likeness (QED) is 0.868. The standard InChI is InChI=1S/C15H27N5O/c1-3-13(15-16-12-17-20(15)4-2)18-14(21)11-19-9-7-5-6-8-10-19/h12-13H,3-11H2,1-2H3,(H,18,21)/t13-/m1/s1. The highest BCUT2D eigenvalue weighted by Crippen LogP contribution is 2.14. The fraction of sp³-hybridized carbons (Fsp3) is 0.800. The summed E-state index contributed by atoms with van der Waals surface area (Å²) < 4.78 is 1.85. The maximum Gasteiger partial charge on any atom is 0.234 e. The predicted molar refractivity (Wildman–Crippen MR) is 81.8 cm³/mol. The second-order valence-corrected chi connectivity index (χ2v) is 5.65. The van der Waals surface area contributed by atoms with Gasteiger partial charge in [-0.3, -0.25) is 9.69 Å². The van der Waals surface area contributed by atoms with Crippen LogP contribution in [0.2, 0.25) is 0 Å². The zero-order chi connectivity index (χ0) is 15.1. The number of hydrogen-bond acceptors (Lipinski definition) is 4. The molecule has 1 N–H and O–H groups in total. The zero-order valence-corrected chi connectivity index (χ0v) is 13.2. The first-order valence-corrected chi connectivity index (χ1v) is 8.14. The van der Waals surface area contributed by atoms with Crippen molar-refractivity contribution in [3.8, 4) is 0 Å². The van der Waals surface area contributed by atoms with Crippen LogP contribution < -0.4 is 5.32 Å². The molecular formula is C15H27N5O. The van der Waals surface area contributed by atoms with Crippen LogP contribution in [0.5, 0.6) is 0 Å². The monoisotopic (exact) mass is 293 g/mol. The second kappa shape index (κ2) is 8.12. The Bertz CT molecular complexity index is 437. The van der Waals surface area contributed by atoms with Crippen LogP contribution in [-0.2, 0) is 11.3 Å². The van der Waals surface area contributed by atoms with Gasteiger partial charge in [-0.05, 0) is 39.3 Å². The van der Waals surface area contributed by atoms with E-state index in [1.165, 1.54) is 25.7 Å². The minimum Gasteiger partial charge on any atom is -0.345 e. The van der Waals surface area contributed by atoms with Crippen molar-refractivity contribution in [1.82, 2.24) is 25.0 Å². The van der Waals surface area contributed by atoms with Gasteiger partial charge in [-0.25, -0.2) is 9.67 Å². The van der Waals surface area contributed by atoms with Crippen LogP contribution in [0.3, 0.4) is 0 Å². The van der Waals surface area contributed by atoms with Gasteiger partial charge in [0.25, 0.3) is 0 Å². The molecule has 118 valence electrons. The summed E-state index contributed by atoms with van der Waals surface area (Å²) in [6, 6.07) is -0.0491. The van der Waals surface area contributed by atoms with E-state index < -0.39 is 0 Å². The number of carbonyl (C=O) groups excluding carboxylic acids is 1. The summed E-state index contributed by atoms with van der Waals surface area (Å²) in [5.41, 5.74) is 0. The number of aryl methyl sites for hydroxylation is 1. The molecule has 1 aromatic rings. The van der Waals surface area contributed by atoms with Gasteiger partial charge in [0, 0.05) is 6.54 Å². The highest BCUT2D eigenvalue weighted by atomic mass is 16.2. The number of nitrogens with zero attached hydrogens (tertiary/aromatic N) is 4. The molecule has 1 saturated heterocycles. The van der Waals surface area contributed by atoms with Gasteiger partial charge in [-0.15, -0.1) is 0 Å². The number of aromatic nitrogens is 3. The smallest absolute Gasteiger partial charge is 0.234 e. The largest absolute Gasteiger partial charge is 0.345 e. The Hall–Kier alpha value is -1.43. The first-order valence-electron chi connectivity index (χ1n) is 8.14. The van der Waals surface area contributed by atoms with Crippen molar-refractivity contribution in [3.63, 3.8) is 0 Å². The van der Waals surface area contributed by atoms with E-state index in [-0.39, 0.29) is 11.9 Å². The molecule has 6 nitrogen and oxygen atoms in total. The molecule has 1 aliphatic rings. The maximum absolute atomic E-state index is 12.3. The fourth-order valence-corrected chi connectivity index (χ4v) is 2.87. The maximum atomic E-state index is 12.3. The molecule has 6 heteroatoms. The van der Waals surface area contributed by atoms with Crippen molar-refractivity contribution in [2.24, 2.45) is 0 Å². The Morgan fingerprint density at radius 3 is 2.62 bits per heavy atom. The molecule has 2 heterocycles. The van der Waals surface area contributed by atoms with E-state index in [0.29, 0.717) is 6.54 Å². The third kappa shape index (κ3) is 4.52. The zero-order valence-electron chi connectivity index (χ0n) is 13.2. The molecule has 2 rings (SSSR count). The fourth-order valence-electron chi connectivity index (χ4n) is 2.87. The first kappa shape index (κ1) is 15.9. The lowest BCUT2D eigenvalue weighted by Gasteiger charge is -2.22. The van der Waals surface area contributed by atoms with Gasteiger partial charge >= 0.3 is 0 Å². The topological polar surface area (TPSA) is 63.1 Å². The second-order valence-electron chi connectivity index (χ2n) is 5.65. The van der Waals surface area contributed by atoms with Crippen LogP contribution in [0.1, 0.15) is 57.8 Å². The molecule has 1 amide bonds. The Labute approximate surface area is 126 Å². The molecule has 0 unspecified atom stereocenters. The lowest BCUT2D eigenvalue weighted by molar-refractivity contribution is -0.123. The van der Waals surface area contributed by atoms with Crippen molar-refractivity contribution in [1.29, 1.82) is 0 Å². The van der Waals surface area contributed by atoms with Crippen LogP contribution in [0.15, 0.2) is 6.33 Å². The number of likely N-dealkylation sites (tertiary alicyclic amines) is 1. The average Bonchev–Trinajstić information content (AvgIpc) is 2.82. The average molecular weight is 293 g/mol. The highest BCUT2D eigenvalue weighted by molar-refractivity contribution is 5.78. The Balaban J connectivity index is 1.90. The lowest BCUT2D eigenvalue weighted by atomic mass is 10.2. The molecule has 0 radical (unpaired) electrons. The molecular weight excluding hydrogens is 266 g/mol. The van der Waals surface area contributed by atoms with Crippen molar-refractivity contribution < 1.29 is 4.79 Å². The molecule has 0 spiro atoms. The summed E-state index contributed by atoms with van der Waals surface area (Å²) >= 11 is 0. The van der Waals surface area contributed by atoms with Gasteiger partial charge < -0.3 is 5.32 Å². The van der Waals surface area contributed by atoms with Crippen LogP contribution in [0.25, 0.3) is 0 Å². The molecule has 0 aliphatic carbocycles. The van der Waals surface area contributed by atoms with Gasteiger partial charge in [0.2, 0.25) is 5.91 Å². The summed E-state index contributed by atoms with van der Waals surface area (Å²) in [6.07, 6.45) is 7.36. The number of carbonyl (C=O) groups is 1. The third-order valence-electron chi connectivity index (χ3n) is 4.07. The number of rotatable bonds is 6. The molecule has 1 fully saturated rings. The summed E-state index contributed by atoms with van der Waals surface area (Å²) in [4.78, 5) is 18.8. The van der Waals surface area contributed by atoms with Crippen molar-refractivity contribution in [3.05, 3.63) is 12.2 Å². The molecule has 1 atom stereocenters. The predicted octanol–water partition coefficient (Wildman–Crippen LogP) is 1.74. The van der Waals surface area contributed by atoms with E-state index in [1.807, 2.05) is 11.6 Å². The normalized spacial score (nSPS) is 18.2. The highest BCUT2D eigenvalue weighted by Gasteiger charge is 2.20. The SMILES string of the molecule is CC[C@@H](NC(=O)CN1CCCCCC1)c1ncnn1CC. The molecule has 0 aromatic carbocycles. The lowest BCUT2D eigenvalue weighted by Crippen LogP contribution is -2.39. The van der Waals surface area contributed by atoms with Crippen molar-refractivity contribution >= 4 is 5.91 Å². The summed E-state index contributed by atoms with van der Waals surface area (Å²) in [7, 11) is 0. The van der Waals surface area contributed by atoms with Crippen molar-refractivity contribution in [2.45, 2.75) is 58.5 Å². The minimum absolute atomic E-state index is 0.0491. The molecule has 1 aromatic heterocycles. The van der Waals surface area contributed by atoms with E-state index in [9.17, 15) is 4.79 Å². The van der Waals surface area contributed by atoms with Crippen LogP contribution in [-0.4, -0.2) is 45.2 Å². The van der Waals surface area contributed by atoms with E-state index >= 15 is 0 Å². The number of amides is 1. The third-order valence-corrected chi connectivity index (χ3v) is 4.07. The van der Waals surface area contributed by atoms with Gasteiger partial charge in [0.15, 0.2) is 0 Å². The van der Waals surface area contributed by atoms with Crippen LogP contribution >= 0.6 is 0 Å². The Morgan fingerprint density at radius 2 is 2.00 bits per heavy atom. The summed E-state index contributed by atoms with van der Waals surface area (Å²) in [6.45, 7) is 7.44. The molecule has 21 heavy (non-hydrogen) atoms. The molecule has 0 saturated carbocycles. The van der Waals surface area contributed by atoms with Crippen LogP contribution in [0.4, 0.5) is 0 Å². The van der Waals surface area contributed by atoms with E-state index in [4.69, 9.17) is 0 Å². The Kier molecular flexibility index (Phi) is 6.17. The van der Waals surface area contributed by atoms with Crippen LogP contribution in [0, 0.1) is 0 Å². The summed E-state index contributed by atoms with van der Waals surface area (Å²) in [5.74, 6) is 0.943. The minimum atomic E-state index is -0.0491. The molecule has 0 bridgehead atoms. The number of hydrogen-bond donors (Lipinski definition) is 1. The van der Waals surface area contributed by atoms with Gasteiger partial charge in [-0.2, -0.15) is 5.10 Å². The van der Waals surface area contributed by atoms with Gasteiger partial charge in [0.1, 0.15) is 12.2 Å². The Morgan fingerprint density at radius 1 is 1.29 bits per heavy atom. The van der Waals surface area contributed by atoms with Crippen molar-refractivity contribution in [2.75, 3.05) is 19.6 Å². The van der Waals surface area contributed by atoms with E-state index in [2.05, 4.69) is 27.2 Å². The van der Waals surface area contributed by atoms with Gasteiger partial charge in [-0.1, -0.05) is 19.8 Å². The number of nitrogens with one attached hydrogen (secondary N) is 1. The summed E-state index contributed by atoms with van der Waals surface area (Å²) in [5, 5.41) is 7.29.